The van der Waals surface area contributed by atoms with Crippen LogP contribution < -0.4 is 0 Å². The van der Waals surface area contributed by atoms with Crippen molar-refractivity contribution >= 4 is 58.9 Å². The zero-order valence-corrected chi connectivity index (χ0v) is 24.5. The maximum atomic E-state index is 2.51. The molecule has 0 radical (unpaired) electrons. The molecule has 0 saturated heterocycles. The smallest absolute Gasteiger partial charge is 0.0634 e. The zero-order chi connectivity index (χ0) is 28.0. The van der Waals surface area contributed by atoms with Gasteiger partial charge in [-0.25, -0.2) is 0 Å². The van der Waals surface area contributed by atoms with E-state index < -0.39 is 0 Å². The minimum atomic E-state index is -0.0291. The third kappa shape index (κ3) is 3.19. The van der Waals surface area contributed by atoms with Crippen molar-refractivity contribution in [2.24, 2.45) is 0 Å². The molecule has 0 fully saturated rings. The second-order valence-electron chi connectivity index (χ2n) is 12.1. The van der Waals surface area contributed by atoms with Gasteiger partial charge in [0, 0.05) is 42.0 Å². The van der Waals surface area contributed by atoms with E-state index in [1.807, 2.05) is 11.3 Å². The highest BCUT2D eigenvalue weighted by Crippen LogP contribution is 2.55. The molecule has 5 aromatic carbocycles. The van der Waals surface area contributed by atoms with E-state index >= 15 is 0 Å². The molecule has 2 aliphatic rings. The Morgan fingerprint density at radius 3 is 2.40 bits per heavy atom. The normalized spacial score (nSPS) is 15.4. The van der Waals surface area contributed by atoms with Gasteiger partial charge in [-0.2, -0.15) is 0 Å². The fourth-order valence-corrected chi connectivity index (χ4v) is 8.60. The van der Waals surface area contributed by atoms with Gasteiger partial charge in [0.05, 0.1) is 11.0 Å². The number of hydrogen-bond donors (Lipinski definition) is 0. The Balaban J connectivity index is 1.47. The molecule has 2 heterocycles. The molecule has 0 atom stereocenters. The van der Waals surface area contributed by atoms with Crippen LogP contribution in [-0.2, 0) is 5.41 Å². The molecule has 9 rings (SSSR count). The number of benzene rings is 5. The molecule has 1 nitrogen and oxygen atoms in total. The van der Waals surface area contributed by atoms with E-state index in [-0.39, 0.29) is 5.41 Å². The molecule has 0 saturated carbocycles. The summed E-state index contributed by atoms with van der Waals surface area (Å²) >= 11 is 1.92. The van der Waals surface area contributed by atoms with E-state index in [4.69, 9.17) is 0 Å². The number of para-hydroxylation sites is 1. The van der Waals surface area contributed by atoms with Crippen molar-refractivity contribution in [2.45, 2.75) is 25.7 Å². The number of aromatic nitrogens is 1. The van der Waals surface area contributed by atoms with Gasteiger partial charge in [-0.15, -0.1) is 11.3 Å². The van der Waals surface area contributed by atoms with Crippen molar-refractivity contribution in [1.29, 1.82) is 0 Å². The maximum Gasteiger partial charge on any atom is 0.0634 e. The predicted octanol–water partition coefficient (Wildman–Crippen LogP) is 11.4. The minimum Gasteiger partial charge on any atom is -0.309 e. The topological polar surface area (TPSA) is 4.93 Å². The Morgan fingerprint density at radius 2 is 1.50 bits per heavy atom. The number of nitrogens with zero attached hydrogens (tertiary/aromatic N) is 1. The van der Waals surface area contributed by atoms with Crippen LogP contribution in [0.15, 0.2) is 127 Å². The summed E-state index contributed by atoms with van der Waals surface area (Å²) in [7, 11) is 0. The van der Waals surface area contributed by atoms with Crippen LogP contribution in [0.1, 0.15) is 37.0 Å². The number of fused-ring (bicyclic) bond motifs is 11. The van der Waals surface area contributed by atoms with Crippen LogP contribution in [0.25, 0.3) is 64.4 Å². The summed E-state index contributed by atoms with van der Waals surface area (Å²) in [4.78, 5) is 0. The van der Waals surface area contributed by atoms with Crippen molar-refractivity contribution in [2.75, 3.05) is 0 Å². The van der Waals surface area contributed by atoms with E-state index in [0.29, 0.717) is 0 Å². The van der Waals surface area contributed by atoms with E-state index in [1.165, 1.54) is 81.1 Å². The fourth-order valence-electron chi connectivity index (χ4n) is 7.48. The highest BCUT2D eigenvalue weighted by Gasteiger charge is 2.37. The number of hydrogen-bond acceptors (Lipinski definition) is 1. The molecule has 0 spiro atoms. The molecule has 0 unspecified atom stereocenters. The van der Waals surface area contributed by atoms with Gasteiger partial charge in [0.15, 0.2) is 0 Å². The van der Waals surface area contributed by atoms with Crippen molar-refractivity contribution in [3.8, 4) is 16.8 Å². The first kappa shape index (κ1) is 24.0. The molecule has 0 bridgehead atoms. The quantitative estimate of drug-likeness (QED) is 0.200. The largest absolute Gasteiger partial charge is 0.309 e. The second kappa shape index (κ2) is 8.67. The average Bonchev–Trinajstić information content (AvgIpc) is 3.52. The average molecular weight is 556 g/mol. The highest BCUT2D eigenvalue weighted by atomic mass is 32.1. The van der Waals surface area contributed by atoms with E-state index in [1.54, 1.807) is 0 Å². The second-order valence-corrected chi connectivity index (χ2v) is 13.2. The third-order valence-electron chi connectivity index (χ3n) is 9.45. The Bertz CT molecular complexity index is 2340. The highest BCUT2D eigenvalue weighted by molar-refractivity contribution is 7.26. The molecule has 7 aromatic rings. The Hall–Kier alpha value is -4.66. The number of rotatable bonds is 2. The van der Waals surface area contributed by atoms with Crippen LogP contribution in [0.5, 0.6) is 0 Å². The van der Waals surface area contributed by atoms with Gasteiger partial charge < -0.3 is 4.57 Å². The minimum absolute atomic E-state index is 0.0291. The van der Waals surface area contributed by atoms with Crippen molar-refractivity contribution < 1.29 is 0 Å². The Labute approximate surface area is 249 Å². The first-order valence-electron chi connectivity index (χ1n) is 14.8. The Morgan fingerprint density at radius 1 is 0.690 bits per heavy atom. The van der Waals surface area contributed by atoms with Crippen molar-refractivity contribution in [3.63, 3.8) is 0 Å². The summed E-state index contributed by atoms with van der Waals surface area (Å²) in [5.74, 6) is 0. The predicted molar refractivity (Wildman–Crippen MR) is 182 cm³/mol. The number of allylic oxidation sites excluding steroid dienone is 6. The van der Waals surface area contributed by atoms with E-state index in [0.717, 1.165) is 6.42 Å². The van der Waals surface area contributed by atoms with Gasteiger partial charge in [0.2, 0.25) is 0 Å². The summed E-state index contributed by atoms with van der Waals surface area (Å²) < 4.78 is 5.21. The SMILES string of the molecule is CC1(C)c2ccccc2-c2c1ccc1sc3ccc4c5cc(C6=CC=CC=CC6)ccc5n(-c5ccccc5)c4c3c21. The summed E-state index contributed by atoms with van der Waals surface area (Å²) in [6, 6.07) is 36.4. The van der Waals surface area contributed by atoms with E-state index in [9.17, 15) is 0 Å². The van der Waals surface area contributed by atoms with Gasteiger partial charge in [0.25, 0.3) is 0 Å². The molecule has 2 heteroatoms. The monoisotopic (exact) mass is 555 g/mol. The van der Waals surface area contributed by atoms with Gasteiger partial charge in [0.1, 0.15) is 0 Å². The summed E-state index contributed by atoms with van der Waals surface area (Å²) in [5, 5.41) is 5.39. The lowest BCUT2D eigenvalue weighted by molar-refractivity contribution is 0.661. The molecular weight excluding hydrogens is 527 g/mol. The first-order valence-corrected chi connectivity index (χ1v) is 15.6. The molecular formula is C40H29NS. The molecule has 0 N–H and O–H groups in total. The van der Waals surface area contributed by atoms with Gasteiger partial charge in [-0.3, -0.25) is 0 Å². The summed E-state index contributed by atoms with van der Waals surface area (Å²) in [6.07, 6.45) is 11.8. The van der Waals surface area contributed by atoms with Crippen molar-refractivity contribution in [1.82, 2.24) is 4.57 Å². The number of thiophene rings is 1. The molecule has 0 amide bonds. The lowest BCUT2D eigenvalue weighted by Crippen LogP contribution is -2.14. The molecule has 2 aromatic heterocycles. The lowest BCUT2D eigenvalue weighted by atomic mass is 9.82. The van der Waals surface area contributed by atoms with Crippen LogP contribution in [0.4, 0.5) is 0 Å². The van der Waals surface area contributed by atoms with Crippen LogP contribution >= 0.6 is 11.3 Å². The standard InChI is InChI=1S/C40H29NS/c1-40(2)31-17-11-10-16-29(31)36-32(40)20-23-34-37(36)38-35(42-34)22-19-28-30-24-26(25-12-6-3-4-7-13-25)18-21-33(30)41(39(28)38)27-14-8-5-9-15-27/h3-12,14-24H,13H2,1-2H3. The van der Waals surface area contributed by atoms with E-state index in [2.05, 4.69) is 146 Å². The molecule has 2 aliphatic carbocycles. The van der Waals surface area contributed by atoms with Crippen molar-refractivity contribution in [3.05, 3.63) is 144 Å². The zero-order valence-electron chi connectivity index (χ0n) is 23.7. The summed E-state index contributed by atoms with van der Waals surface area (Å²) in [6.45, 7) is 4.76. The molecule has 42 heavy (non-hydrogen) atoms. The van der Waals surface area contributed by atoms with Crippen LogP contribution in [0.2, 0.25) is 0 Å². The van der Waals surface area contributed by atoms with Gasteiger partial charge >= 0.3 is 0 Å². The fraction of sp³-hybridized carbons (Fsp3) is 0.100. The van der Waals surface area contributed by atoms with Gasteiger partial charge in [-0.05, 0) is 76.2 Å². The molecule has 200 valence electrons. The third-order valence-corrected chi connectivity index (χ3v) is 10.6. The maximum absolute atomic E-state index is 2.51. The first-order chi connectivity index (χ1) is 20.6. The summed E-state index contributed by atoms with van der Waals surface area (Å²) in [5.41, 5.74) is 12.0. The Kier molecular flexibility index (Phi) is 4.95. The van der Waals surface area contributed by atoms with Gasteiger partial charge in [-0.1, -0.05) is 105 Å². The molecule has 0 aliphatic heterocycles. The van der Waals surface area contributed by atoms with Crippen LogP contribution in [0, 0.1) is 0 Å². The van der Waals surface area contributed by atoms with Crippen LogP contribution in [-0.4, -0.2) is 4.57 Å². The lowest BCUT2D eigenvalue weighted by Gasteiger charge is -2.21. The van der Waals surface area contributed by atoms with Crippen LogP contribution in [0.3, 0.4) is 0 Å².